The van der Waals surface area contributed by atoms with Crippen molar-refractivity contribution >= 4 is 28.2 Å². The van der Waals surface area contributed by atoms with Gasteiger partial charge in [0, 0.05) is 24.2 Å². The number of hydrogen-bond acceptors (Lipinski definition) is 4. The highest BCUT2D eigenvalue weighted by molar-refractivity contribution is 7.80. The van der Waals surface area contributed by atoms with Crippen LogP contribution in [0.15, 0.2) is 53.3 Å². The van der Waals surface area contributed by atoms with Crippen molar-refractivity contribution in [2.45, 2.75) is 51.2 Å². The lowest BCUT2D eigenvalue weighted by molar-refractivity contribution is 0.362. The van der Waals surface area contributed by atoms with Gasteiger partial charge in [0.25, 0.3) is 5.56 Å². The number of nitrogens with one attached hydrogen (secondary N) is 2. The van der Waals surface area contributed by atoms with Gasteiger partial charge in [-0.25, -0.2) is 0 Å². The van der Waals surface area contributed by atoms with Crippen molar-refractivity contribution in [2.24, 2.45) is 0 Å². The number of fused-ring (bicyclic) bond motifs is 1. The lowest BCUT2D eigenvalue weighted by Crippen LogP contribution is -2.45. The molecule has 1 aromatic heterocycles. The van der Waals surface area contributed by atoms with Gasteiger partial charge in [-0.2, -0.15) is 0 Å². The van der Waals surface area contributed by atoms with E-state index in [1.165, 1.54) is 19.3 Å². The molecular formula is C26H31N3O3S. The Hall–Kier alpha value is -3.06. The molecule has 6 nitrogen and oxygen atoms in total. The molecule has 1 aliphatic rings. The number of nitrogens with zero attached hydrogens (tertiary/aromatic N) is 1. The van der Waals surface area contributed by atoms with Gasteiger partial charge < -0.3 is 24.7 Å². The van der Waals surface area contributed by atoms with Gasteiger partial charge in [-0.15, -0.1) is 0 Å². The lowest BCUT2D eigenvalue weighted by atomic mass is 9.96. The Morgan fingerprint density at radius 1 is 1.00 bits per heavy atom. The van der Waals surface area contributed by atoms with Gasteiger partial charge in [0.05, 0.1) is 26.3 Å². The molecule has 33 heavy (non-hydrogen) atoms. The monoisotopic (exact) mass is 465 g/mol. The zero-order valence-corrected chi connectivity index (χ0v) is 20.0. The zero-order valence-electron chi connectivity index (χ0n) is 19.2. The third kappa shape index (κ3) is 5.85. The van der Waals surface area contributed by atoms with Gasteiger partial charge in [-0.05, 0) is 66.3 Å². The van der Waals surface area contributed by atoms with Crippen LogP contribution in [0.5, 0.6) is 11.5 Å². The molecule has 4 rings (SSSR count). The standard InChI is InChI=1S/C26H31N3O3S/c1-31-22-11-8-18(9-12-22)16-29(26(33)27-21-6-4-3-5-7-21)17-20-14-19-10-13-23(32-2)15-24(19)28-25(20)30/h8-15,21H,3-7,16-17H2,1-2H3,(H,27,33)(H,28,30). The largest absolute Gasteiger partial charge is 0.497 e. The molecule has 0 unspecified atom stereocenters. The van der Waals surface area contributed by atoms with Crippen molar-refractivity contribution in [3.63, 3.8) is 0 Å². The molecule has 2 aromatic carbocycles. The van der Waals surface area contributed by atoms with Crippen LogP contribution in [0.3, 0.4) is 0 Å². The summed E-state index contributed by atoms with van der Waals surface area (Å²) in [6.07, 6.45) is 6.01. The smallest absolute Gasteiger partial charge is 0.253 e. The van der Waals surface area contributed by atoms with Crippen molar-refractivity contribution in [3.05, 3.63) is 70.0 Å². The van der Waals surface area contributed by atoms with Crippen LogP contribution in [0, 0.1) is 0 Å². The van der Waals surface area contributed by atoms with Crippen LogP contribution in [0.1, 0.15) is 43.2 Å². The molecule has 0 atom stereocenters. The zero-order chi connectivity index (χ0) is 23.2. The van der Waals surface area contributed by atoms with E-state index in [0.29, 0.717) is 35.6 Å². The van der Waals surface area contributed by atoms with E-state index in [4.69, 9.17) is 21.7 Å². The first-order chi connectivity index (χ1) is 16.1. The van der Waals surface area contributed by atoms with E-state index in [1.807, 2.05) is 48.5 Å². The second kappa shape index (κ2) is 10.7. The molecular weight excluding hydrogens is 434 g/mol. The van der Waals surface area contributed by atoms with Crippen molar-refractivity contribution in [3.8, 4) is 11.5 Å². The van der Waals surface area contributed by atoms with Gasteiger partial charge in [0.15, 0.2) is 5.11 Å². The average Bonchev–Trinajstić information content (AvgIpc) is 2.84. The summed E-state index contributed by atoms with van der Waals surface area (Å²) in [5.41, 5.74) is 2.42. The SMILES string of the molecule is COc1ccc(CN(Cc2cc3ccc(OC)cc3[nH]c2=O)C(=S)NC2CCCCC2)cc1. The predicted octanol–water partition coefficient (Wildman–Crippen LogP) is 4.75. The summed E-state index contributed by atoms with van der Waals surface area (Å²) >= 11 is 5.84. The van der Waals surface area contributed by atoms with Gasteiger partial charge in [0.2, 0.25) is 0 Å². The number of benzene rings is 2. The van der Waals surface area contributed by atoms with Gasteiger partial charge in [-0.3, -0.25) is 4.79 Å². The number of pyridine rings is 1. The molecule has 0 radical (unpaired) electrons. The molecule has 0 amide bonds. The summed E-state index contributed by atoms with van der Waals surface area (Å²) in [6.45, 7) is 1.02. The van der Waals surface area contributed by atoms with E-state index in [-0.39, 0.29) is 5.56 Å². The van der Waals surface area contributed by atoms with Crippen LogP contribution in [-0.4, -0.2) is 35.3 Å². The average molecular weight is 466 g/mol. The Kier molecular flexibility index (Phi) is 7.50. The summed E-state index contributed by atoms with van der Waals surface area (Å²) in [5.74, 6) is 1.53. The van der Waals surface area contributed by atoms with Crippen LogP contribution >= 0.6 is 12.2 Å². The van der Waals surface area contributed by atoms with E-state index in [1.54, 1.807) is 14.2 Å². The molecule has 174 valence electrons. The summed E-state index contributed by atoms with van der Waals surface area (Å²) in [5, 5.41) is 5.20. The third-order valence-electron chi connectivity index (χ3n) is 6.24. The van der Waals surface area contributed by atoms with Crippen LogP contribution in [0.2, 0.25) is 0 Å². The van der Waals surface area contributed by atoms with Gasteiger partial charge in [0.1, 0.15) is 11.5 Å². The van der Waals surface area contributed by atoms with Gasteiger partial charge >= 0.3 is 0 Å². The lowest BCUT2D eigenvalue weighted by Gasteiger charge is -2.31. The number of H-pyrrole nitrogens is 1. The Labute approximate surface area is 199 Å². The summed E-state index contributed by atoms with van der Waals surface area (Å²) in [7, 11) is 3.27. The fraction of sp³-hybridized carbons (Fsp3) is 0.385. The molecule has 1 fully saturated rings. The van der Waals surface area contributed by atoms with Crippen molar-refractivity contribution in [1.29, 1.82) is 0 Å². The molecule has 0 saturated heterocycles. The molecule has 3 aromatic rings. The van der Waals surface area contributed by atoms with E-state index in [0.717, 1.165) is 35.1 Å². The Bertz CT molecular complexity index is 1150. The van der Waals surface area contributed by atoms with Crippen LogP contribution < -0.4 is 20.3 Å². The molecule has 1 saturated carbocycles. The maximum absolute atomic E-state index is 12.9. The Balaban J connectivity index is 1.59. The molecule has 1 heterocycles. The fourth-order valence-electron chi connectivity index (χ4n) is 4.34. The maximum atomic E-state index is 12.9. The minimum absolute atomic E-state index is 0.115. The molecule has 0 bridgehead atoms. The highest BCUT2D eigenvalue weighted by Crippen LogP contribution is 2.21. The van der Waals surface area contributed by atoms with Crippen LogP contribution in [0.25, 0.3) is 10.9 Å². The second-order valence-corrected chi connectivity index (χ2v) is 8.95. The van der Waals surface area contributed by atoms with E-state index >= 15 is 0 Å². The normalized spacial score (nSPS) is 14.1. The molecule has 2 N–H and O–H groups in total. The first-order valence-corrected chi connectivity index (χ1v) is 11.8. The van der Waals surface area contributed by atoms with Crippen LogP contribution in [-0.2, 0) is 13.1 Å². The Morgan fingerprint density at radius 3 is 2.39 bits per heavy atom. The molecule has 7 heteroatoms. The summed E-state index contributed by atoms with van der Waals surface area (Å²) in [4.78, 5) is 18.0. The third-order valence-corrected chi connectivity index (χ3v) is 6.62. The summed E-state index contributed by atoms with van der Waals surface area (Å²) in [6, 6.07) is 16.0. The van der Waals surface area contributed by atoms with Crippen molar-refractivity contribution in [2.75, 3.05) is 14.2 Å². The quantitative estimate of drug-likeness (QED) is 0.491. The first kappa shape index (κ1) is 23.1. The van der Waals surface area contributed by atoms with E-state index < -0.39 is 0 Å². The minimum atomic E-state index is -0.115. The van der Waals surface area contributed by atoms with Crippen molar-refractivity contribution in [1.82, 2.24) is 15.2 Å². The van der Waals surface area contributed by atoms with Crippen molar-refractivity contribution < 1.29 is 9.47 Å². The number of thiocarbonyl (C=S) groups is 1. The fourth-order valence-corrected chi connectivity index (χ4v) is 4.63. The first-order valence-electron chi connectivity index (χ1n) is 11.4. The maximum Gasteiger partial charge on any atom is 0.253 e. The highest BCUT2D eigenvalue weighted by atomic mass is 32.1. The topological polar surface area (TPSA) is 66.6 Å². The molecule has 0 spiro atoms. The number of aromatic amines is 1. The summed E-state index contributed by atoms with van der Waals surface area (Å²) < 4.78 is 10.6. The number of aromatic nitrogens is 1. The van der Waals surface area contributed by atoms with E-state index in [9.17, 15) is 4.79 Å². The Morgan fingerprint density at radius 2 is 1.70 bits per heavy atom. The molecule has 0 aliphatic heterocycles. The second-order valence-electron chi connectivity index (χ2n) is 8.57. The number of hydrogen-bond donors (Lipinski definition) is 2. The minimum Gasteiger partial charge on any atom is -0.497 e. The highest BCUT2D eigenvalue weighted by Gasteiger charge is 2.19. The molecule has 1 aliphatic carbocycles. The number of methoxy groups -OCH3 is 2. The number of rotatable bonds is 7. The van der Waals surface area contributed by atoms with Crippen LogP contribution in [0.4, 0.5) is 0 Å². The van der Waals surface area contributed by atoms with E-state index in [2.05, 4.69) is 15.2 Å². The predicted molar refractivity (Wildman–Crippen MR) is 136 cm³/mol. The van der Waals surface area contributed by atoms with Gasteiger partial charge in [-0.1, -0.05) is 31.4 Å². The number of ether oxygens (including phenoxy) is 2.